The van der Waals surface area contributed by atoms with Crippen LogP contribution in [0.3, 0.4) is 0 Å². The van der Waals surface area contributed by atoms with Crippen LogP contribution >= 0.6 is 15.9 Å². The molecule has 0 radical (unpaired) electrons. The summed E-state index contributed by atoms with van der Waals surface area (Å²) in [6.07, 6.45) is 3.60. The van der Waals surface area contributed by atoms with Crippen molar-refractivity contribution in [1.82, 2.24) is 9.55 Å². The van der Waals surface area contributed by atoms with E-state index in [2.05, 4.69) is 27.0 Å². The predicted octanol–water partition coefficient (Wildman–Crippen LogP) is 2.32. The molecule has 0 aliphatic heterocycles. The zero-order valence-electron chi connectivity index (χ0n) is 6.74. The first-order valence-electron chi connectivity index (χ1n) is 3.78. The molecular weight excluding hydrogens is 230 g/mol. The van der Waals surface area contributed by atoms with Crippen molar-refractivity contribution < 1.29 is 0 Å². The molecule has 13 heavy (non-hydrogen) atoms. The van der Waals surface area contributed by atoms with Crippen LogP contribution in [0.25, 0.3) is 11.0 Å². The van der Waals surface area contributed by atoms with Gasteiger partial charge in [-0.15, -0.1) is 0 Å². The van der Waals surface area contributed by atoms with Gasteiger partial charge in [0, 0.05) is 22.3 Å². The molecule has 0 amide bonds. The zero-order chi connectivity index (χ0) is 9.26. The SMILES string of the molecule is N#CCn1ccc2cc(Br)cnc21. The number of pyridine rings is 1. The van der Waals surface area contributed by atoms with E-state index in [1.54, 1.807) is 6.20 Å². The monoisotopic (exact) mass is 235 g/mol. The molecule has 0 aromatic carbocycles. The first kappa shape index (κ1) is 8.27. The normalized spacial score (nSPS) is 10.2. The van der Waals surface area contributed by atoms with E-state index >= 15 is 0 Å². The van der Waals surface area contributed by atoms with Gasteiger partial charge >= 0.3 is 0 Å². The predicted molar refractivity (Wildman–Crippen MR) is 53.0 cm³/mol. The Hall–Kier alpha value is -1.34. The Morgan fingerprint density at radius 3 is 3.23 bits per heavy atom. The summed E-state index contributed by atoms with van der Waals surface area (Å²) in [4.78, 5) is 4.22. The summed E-state index contributed by atoms with van der Waals surface area (Å²) in [5.74, 6) is 0. The molecule has 0 unspecified atom stereocenters. The number of halogens is 1. The lowest BCUT2D eigenvalue weighted by Gasteiger charge is -1.96. The van der Waals surface area contributed by atoms with Crippen LogP contribution in [0.2, 0.25) is 0 Å². The second kappa shape index (κ2) is 3.19. The molecule has 0 bridgehead atoms. The minimum absolute atomic E-state index is 0.345. The quantitative estimate of drug-likeness (QED) is 0.762. The largest absolute Gasteiger partial charge is 0.319 e. The highest BCUT2D eigenvalue weighted by atomic mass is 79.9. The van der Waals surface area contributed by atoms with Crippen LogP contribution in [0.1, 0.15) is 0 Å². The van der Waals surface area contributed by atoms with Gasteiger partial charge < -0.3 is 4.57 Å². The summed E-state index contributed by atoms with van der Waals surface area (Å²) >= 11 is 3.34. The Labute approximate surface area is 83.7 Å². The van der Waals surface area contributed by atoms with E-state index in [1.807, 2.05) is 22.9 Å². The van der Waals surface area contributed by atoms with E-state index in [0.717, 1.165) is 15.5 Å². The van der Waals surface area contributed by atoms with Crippen molar-refractivity contribution in [2.24, 2.45) is 0 Å². The maximum Gasteiger partial charge on any atom is 0.140 e. The van der Waals surface area contributed by atoms with Gasteiger partial charge in [0.05, 0.1) is 6.07 Å². The highest BCUT2D eigenvalue weighted by molar-refractivity contribution is 9.10. The summed E-state index contributed by atoms with van der Waals surface area (Å²) < 4.78 is 2.77. The third-order valence-corrected chi connectivity index (χ3v) is 2.24. The van der Waals surface area contributed by atoms with Crippen LogP contribution < -0.4 is 0 Å². The maximum atomic E-state index is 8.54. The van der Waals surface area contributed by atoms with E-state index in [1.165, 1.54) is 0 Å². The Kier molecular flexibility index (Phi) is 2.03. The van der Waals surface area contributed by atoms with Crippen molar-refractivity contribution in [3.05, 3.63) is 29.0 Å². The Morgan fingerprint density at radius 1 is 1.62 bits per heavy atom. The molecular formula is C9H6BrN3. The van der Waals surface area contributed by atoms with E-state index < -0.39 is 0 Å². The number of aromatic nitrogens is 2. The standard InChI is InChI=1S/C9H6BrN3/c10-8-5-7-1-3-13(4-2-11)9(7)12-6-8/h1,3,5-6H,4H2. The Balaban J connectivity index is 2.63. The summed E-state index contributed by atoms with van der Waals surface area (Å²) in [6.45, 7) is 0.345. The molecule has 2 heterocycles. The van der Waals surface area contributed by atoms with Crippen LogP contribution in [-0.2, 0) is 6.54 Å². The number of nitrogens with zero attached hydrogens (tertiary/aromatic N) is 3. The third-order valence-electron chi connectivity index (χ3n) is 1.81. The second-order valence-electron chi connectivity index (χ2n) is 2.67. The van der Waals surface area contributed by atoms with Crippen LogP contribution in [0, 0.1) is 11.3 Å². The average Bonchev–Trinajstić information content (AvgIpc) is 2.49. The minimum Gasteiger partial charge on any atom is -0.319 e. The molecule has 4 heteroatoms. The van der Waals surface area contributed by atoms with Crippen LogP contribution in [0.5, 0.6) is 0 Å². The Bertz CT molecular complexity index is 481. The molecule has 0 saturated carbocycles. The number of hydrogen-bond acceptors (Lipinski definition) is 2. The van der Waals surface area contributed by atoms with Crippen molar-refractivity contribution in [1.29, 1.82) is 5.26 Å². The molecule has 0 aliphatic rings. The van der Waals surface area contributed by atoms with Crippen molar-refractivity contribution in [2.45, 2.75) is 6.54 Å². The van der Waals surface area contributed by atoms with E-state index in [4.69, 9.17) is 5.26 Å². The fraction of sp³-hybridized carbons (Fsp3) is 0.111. The molecule has 2 aromatic rings. The van der Waals surface area contributed by atoms with Gasteiger partial charge in [0.25, 0.3) is 0 Å². The van der Waals surface area contributed by atoms with E-state index in [0.29, 0.717) is 6.54 Å². The molecule has 0 N–H and O–H groups in total. The van der Waals surface area contributed by atoms with Gasteiger partial charge in [0.2, 0.25) is 0 Å². The fourth-order valence-electron chi connectivity index (χ4n) is 1.25. The van der Waals surface area contributed by atoms with Crippen LogP contribution in [0.15, 0.2) is 29.0 Å². The van der Waals surface area contributed by atoms with Gasteiger partial charge in [-0.3, -0.25) is 0 Å². The molecule has 0 aliphatic carbocycles. The molecule has 0 spiro atoms. The Morgan fingerprint density at radius 2 is 2.46 bits per heavy atom. The van der Waals surface area contributed by atoms with Gasteiger partial charge in [-0.1, -0.05) is 0 Å². The lowest BCUT2D eigenvalue weighted by Crippen LogP contribution is -1.93. The molecule has 0 atom stereocenters. The van der Waals surface area contributed by atoms with Crippen molar-refractivity contribution in [3.8, 4) is 6.07 Å². The molecule has 64 valence electrons. The smallest absolute Gasteiger partial charge is 0.140 e. The lowest BCUT2D eigenvalue weighted by molar-refractivity contribution is 0.860. The highest BCUT2D eigenvalue weighted by Crippen LogP contribution is 2.17. The van der Waals surface area contributed by atoms with Crippen LogP contribution in [0.4, 0.5) is 0 Å². The fourth-order valence-corrected chi connectivity index (χ4v) is 1.60. The summed E-state index contributed by atoms with van der Waals surface area (Å²) in [7, 11) is 0. The van der Waals surface area contributed by atoms with Gasteiger partial charge in [-0.2, -0.15) is 5.26 Å². The number of rotatable bonds is 1. The first-order chi connectivity index (χ1) is 6.31. The van der Waals surface area contributed by atoms with Crippen molar-refractivity contribution in [2.75, 3.05) is 0 Å². The summed E-state index contributed by atoms with van der Waals surface area (Å²) in [5.41, 5.74) is 0.852. The van der Waals surface area contributed by atoms with Gasteiger partial charge in [-0.25, -0.2) is 4.98 Å². The summed E-state index contributed by atoms with van der Waals surface area (Å²) in [6, 6.07) is 6.02. The number of hydrogen-bond donors (Lipinski definition) is 0. The van der Waals surface area contributed by atoms with Crippen molar-refractivity contribution in [3.63, 3.8) is 0 Å². The van der Waals surface area contributed by atoms with Crippen LogP contribution in [-0.4, -0.2) is 9.55 Å². The van der Waals surface area contributed by atoms with E-state index in [-0.39, 0.29) is 0 Å². The average molecular weight is 236 g/mol. The molecule has 2 aromatic heterocycles. The minimum atomic E-state index is 0.345. The highest BCUT2D eigenvalue weighted by Gasteiger charge is 2.01. The lowest BCUT2D eigenvalue weighted by atomic mass is 10.3. The molecule has 2 rings (SSSR count). The van der Waals surface area contributed by atoms with E-state index in [9.17, 15) is 0 Å². The topological polar surface area (TPSA) is 41.6 Å². The second-order valence-corrected chi connectivity index (χ2v) is 3.58. The maximum absolute atomic E-state index is 8.54. The first-order valence-corrected chi connectivity index (χ1v) is 4.58. The molecule has 0 saturated heterocycles. The van der Waals surface area contributed by atoms with Gasteiger partial charge in [0.15, 0.2) is 0 Å². The number of nitriles is 1. The van der Waals surface area contributed by atoms with Gasteiger partial charge in [-0.05, 0) is 28.1 Å². The van der Waals surface area contributed by atoms with Gasteiger partial charge in [0.1, 0.15) is 12.2 Å². The number of fused-ring (bicyclic) bond motifs is 1. The van der Waals surface area contributed by atoms with Crippen molar-refractivity contribution >= 4 is 27.0 Å². The zero-order valence-corrected chi connectivity index (χ0v) is 8.32. The molecule has 3 nitrogen and oxygen atoms in total. The summed E-state index contributed by atoms with van der Waals surface area (Å²) in [5, 5.41) is 9.59. The molecule has 0 fully saturated rings. The third kappa shape index (κ3) is 1.43.